The van der Waals surface area contributed by atoms with Gasteiger partial charge in [0.15, 0.2) is 5.78 Å². The SMILES string of the molecule is CC(=O)c1c(C(=O)O)[nH]c2ccc(Br)cc12. The van der Waals surface area contributed by atoms with Gasteiger partial charge in [0.2, 0.25) is 0 Å². The maximum atomic E-state index is 11.5. The fourth-order valence-electron chi connectivity index (χ4n) is 1.69. The summed E-state index contributed by atoms with van der Waals surface area (Å²) in [7, 11) is 0. The van der Waals surface area contributed by atoms with E-state index in [2.05, 4.69) is 20.9 Å². The lowest BCUT2D eigenvalue weighted by Gasteiger charge is -1.95. The van der Waals surface area contributed by atoms with Crippen LogP contribution in [0, 0.1) is 0 Å². The molecule has 5 heteroatoms. The number of rotatable bonds is 2. The van der Waals surface area contributed by atoms with E-state index < -0.39 is 5.97 Å². The Hall–Kier alpha value is -1.62. The summed E-state index contributed by atoms with van der Waals surface area (Å²) in [4.78, 5) is 25.2. The Morgan fingerprint density at radius 2 is 2.06 bits per heavy atom. The number of carbonyl (C=O) groups excluding carboxylic acids is 1. The van der Waals surface area contributed by atoms with Crippen molar-refractivity contribution < 1.29 is 14.7 Å². The lowest BCUT2D eigenvalue weighted by Crippen LogP contribution is -2.04. The second-order valence-electron chi connectivity index (χ2n) is 3.43. The first kappa shape index (κ1) is 10.9. The van der Waals surface area contributed by atoms with Gasteiger partial charge in [-0.05, 0) is 25.1 Å². The maximum absolute atomic E-state index is 11.5. The van der Waals surface area contributed by atoms with Gasteiger partial charge in [-0.2, -0.15) is 0 Å². The molecule has 0 fully saturated rings. The molecule has 0 aliphatic carbocycles. The van der Waals surface area contributed by atoms with Crippen molar-refractivity contribution in [2.75, 3.05) is 0 Å². The van der Waals surface area contributed by atoms with Crippen LogP contribution in [0.15, 0.2) is 22.7 Å². The third-order valence-electron chi connectivity index (χ3n) is 2.33. The molecule has 1 aromatic heterocycles. The quantitative estimate of drug-likeness (QED) is 0.832. The van der Waals surface area contributed by atoms with Crippen molar-refractivity contribution in [1.82, 2.24) is 4.98 Å². The van der Waals surface area contributed by atoms with E-state index in [1.54, 1.807) is 18.2 Å². The number of aromatic amines is 1. The Morgan fingerprint density at radius 1 is 1.38 bits per heavy atom. The van der Waals surface area contributed by atoms with Crippen molar-refractivity contribution >= 4 is 38.6 Å². The Balaban J connectivity index is 2.88. The number of H-pyrrole nitrogens is 1. The normalized spacial score (nSPS) is 10.6. The van der Waals surface area contributed by atoms with Gasteiger partial charge in [-0.15, -0.1) is 0 Å². The number of benzene rings is 1. The molecule has 1 aromatic carbocycles. The molecule has 0 saturated carbocycles. The third kappa shape index (κ3) is 1.63. The summed E-state index contributed by atoms with van der Waals surface area (Å²) in [6, 6.07) is 5.25. The molecule has 0 aliphatic rings. The average Bonchev–Trinajstić information content (AvgIpc) is 2.55. The highest BCUT2D eigenvalue weighted by atomic mass is 79.9. The number of Topliss-reactive ketones (excluding diaryl/α,β-unsaturated/α-hetero) is 1. The molecule has 82 valence electrons. The number of halogens is 1. The Bertz CT molecular complexity index is 601. The number of carbonyl (C=O) groups is 2. The Labute approximate surface area is 99.4 Å². The van der Waals surface area contributed by atoms with Crippen molar-refractivity contribution in [2.24, 2.45) is 0 Å². The summed E-state index contributed by atoms with van der Waals surface area (Å²) in [5, 5.41) is 9.61. The van der Waals surface area contributed by atoms with Gasteiger partial charge >= 0.3 is 5.97 Å². The molecule has 2 aromatic rings. The van der Waals surface area contributed by atoms with Crippen LogP contribution >= 0.6 is 15.9 Å². The van der Waals surface area contributed by atoms with Gasteiger partial charge in [0.05, 0.1) is 5.56 Å². The number of hydrogen-bond acceptors (Lipinski definition) is 2. The molecule has 0 amide bonds. The molecule has 4 nitrogen and oxygen atoms in total. The molecule has 0 radical (unpaired) electrons. The number of nitrogens with one attached hydrogen (secondary N) is 1. The van der Waals surface area contributed by atoms with Gasteiger partial charge in [0.1, 0.15) is 5.69 Å². The third-order valence-corrected chi connectivity index (χ3v) is 2.82. The van der Waals surface area contributed by atoms with Crippen LogP contribution in [-0.4, -0.2) is 21.8 Å². The number of carboxylic acids is 1. The lowest BCUT2D eigenvalue weighted by atomic mass is 10.1. The number of aromatic carboxylic acids is 1. The van der Waals surface area contributed by atoms with Crippen molar-refractivity contribution in [3.05, 3.63) is 33.9 Å². The molecule has 0 atom stereocenters. The zero-order chi connectivity index (χ0) is 11.9. The summed E-state index contributed by atoms with van der Waals surface area (Å²) in [5.74, 6) is -1.39. The minimum absolute atomic E-state index is 0.0550. The van der Waals surface area contributed by atoms with E-state index in [1.165, 1.54) is 6.92 Å². The molecule has 0 spiro atoms. The Kier molecular flexibility index (Phi) is 2.55. The fraction of sp³-hybridized carbons (Fsp3) is 0.0909. The van der Waals surface area contributed by atoms with E-state index in [0.29, 0.717) is 10.9 Å². The molecule has 2 N–H and O–H groups in total. The molecule has 0 aliphatic heterocycles. The molecule has 0 unspecified atom stereocenters. The minimum atomic E-state index is -1.13. The first-order chi connectivity index (χ1) is 7.50. The average molecular weight is 282 g/mol. The first-order valence-corrected chi connectivity index (χ1v) is 5.35. The fourth-order valence-corrected chi connectivity index (χ4v) is 2.05. The smallest absolute Gasteiger partial charge is 0.353 e. The minimum Gasteiger partial charge on any atom is -0.477 e. The molecule has 0 bridgehead atoms. The highest BCUT2D eigenvalue weighted by Gasteiger charge is 2.20. The molecule has 16 heavy (non-hydrogen) atoms. The van der Waals surface area contributed by atoms with Crippen LogP contribution in [0.25, 0.3) is 10.9 Å². The summed E-state index contributed by atoms with van der Waals surface area (Å²) in [6.07, 6.45) is 0. The van der Waals surface area contributed by atoms with E-state index in [9.17, 15) is 9.59 Å². The molecular weight excluding hydrogens is 274 g/mol. The van der Waals surface area contributed by atoms with Crippen LogP contribution in [0.5, 0.6) is 0 Å². The van der Waals surface area contributed by atoms with Crippen LogP contribution in [0.4, 0.5) is 0 Å². The van der Waals surface area contributed by atoms with Crippen LogP contribution in [0.3, 0.4) is 0 Å². The highest BCUT2D eigenvalue weighted by Crippen LogP contribution is 2.26. The van der Waals surface area contributed by atoms with Gasteiger partial charge in [-0.1, -0.05) is 15.9 Å². The summed E-state index contributed by atoms with van der Waals surface area (Å²) in [5.41, 5.74) is 0.815. The summed E-state index contributed by atoms with van der Waals surface area (Å²) >= 11 is 3.29. The molecule has 1 heterocycles. The van der Waals surface area contributed by atoms with Crippen LogP contribution in [0.1, 0.15) is 27.8 Å². The highest BCUT2D eigenvalue weighted by molar-refractivity contribution is 9.10. The molecule has 0 saturated heterocycles. The lowest BCUT2D eigenvalue weighted by molar-refractivity contribution is 0.0687. The second kappa shape index (κ2) is 3.75. The van der Waals surface area contributed by atoms with Crippen molar-refractivity contribution in [3.8, 4) is 0 Å². The zero-order valence-electron chi connectivity index (χ0n) is 8.37. The summed E-state index contributed by atoms with van der Waals surface area (Å²) < 4.78 is 0.804. The standard InChI is InChI=1S/C11H8BrNO3/c1-5(14)9-7-4-6(12)2-3-8(7)13-10(9)11(15)16/h2-4,13H,1H3,(H,15,16). The van der Waals surface area contributed by atoms with Crippen molar-refractivity contribution in [2.45, 2.75) is 6.92 Å². The number of fused-ring (bicyclic) bond motifs is 1. The van der Waals surface area contributed by atoms with Gasteiger partial charge < -0.3 is 10.1 Å². The predicted octanol–water partition coefficient (Wildman–Crippen LogP) is 2.83. The van der Waals surface area contributed by atoms with Crippen LogP contribution < -0.4 is 0 Å². The van der Waals surface area contributed by atoms with E-state index in [0.717, 1.165) is 4.47 Å². The number of aromatic nitrogens is 1. The zero-order valence-corrected chi connectivity index (χ0v) is 9.96. The van der Waals surface area contributed by atoms with E-state index in [4.69, 9.17) is 5.11 Å². The van der Waals surface area contributed by atoms with E-state index >= 15 is 0 Å². The largest absolute Gasteiger partial charge is 0.477 e. The summed E-state index contributed by atoms with van der Waals surface area (Å²) in [6.45, 7) is 1.36. The van der Waals surface area contributed by atoms with Gasteiger partial charge in [0, 0.05) is 15.4 Å². The number of ketones is 1. The van der Waals surface area contributed by atoms with Crippen LogP contribution in [0.2, 0.25) is 0 Å². The molecular formula is C11H8BrNO3. The van der Waals surface area contributed by atoms with E-state index in [-0.39, 0.29) is 17.0 Å². The topological polar surface area (TPSA) is 70.2 Å². The monoisotopic (exact) mass is 281 g/mol. The van der Waals surface area contributed by atoms with E-state index in [1.807, 2.05) is 0 Å². The van der Waals surface area contributed by atoms with Gasteiger partial charge in [-0.3, -0.25) is 4.79 Å². The Morgan fingerprint density at radius 3 is 2.62 bits per heavy atom. The second-order valence-corrected chi connectivity index (χ2v) is 4.34. The van der Waals surface area contributed by atoms with Crippen LogP contribution in [-0.2, 0) is 0 Å². The van der Waals surface area contributed by atoms with Crippen molar-refractivity contribution in [1.29, 1.82) is 0 Å². The first-order valence-electron chi connectivity index (χ1n) is 4.56. The maximum Gasteiger partial charge on any atom is 0.353 e. The number of carboxylic acid groups (broad SMARTS) is 1. The predicted molar refractivity (Wildman–Crippen MR) is 63.0 cm³/mol. The molecule has 2 rings (SSSR count). The van der Waals surface area contributed by atoms with Gasteiger partial charge in [-0.25, -0.2) is 4.79 Å². The number of hydrogen-bond donors (Lipinski definition) is 2. The van der Waals surface area contributed by atoms with Gasteiger partial charge in [0.25, 0.3) is 0 Å². The van der Waals surface area contributed by atoms with Crippen molar-refractivity contribution in [3.63, 3.8) is 0 Å².